The molecule has 2 aromatic rings. The number of aromatic nitrogens is 1. The highest BCUT2D eigenvalue weighted by Gasteiger charge is 2.09. The predicted octanol–water partition coefficient (Wildman–Crippen LogP) is 3.54. The first-order chi connectivity index (χ1) is 8.92. The molecule has 18 heavy (non-hydrogen) atoms. The first-order valence-corrected chi connectivity index (χ1v) is 6.55. The third-order valence-corrected chi connectivity index (χ3v) is 3.47. The van der Waals surface area contributed by atoms with Gasteiger partial charge < -0.3 is 4.74 Å². The number of nitrogens with zero attached hydrogens (tertiary/aromatic N) is 1. The van der Waals surface area contributed by atoms with Gasteiger partial charge in [-0.15, -0.1) is 0 Å². The summed E-state index contributed by atoms with van der Waals surface area (Å²) in [5, 5.41) is 0. The van der Waals surface area contributed by atoms with Crippen molar-refractivity contribution in [2.45, 2.75) is 32.3 Å². The maximum atomic E-state index is 5.83. The summed E-state index contributed by atoms with van der Waals surface area (Å²) in [6, 6.07) is 10.5. The second-order valence-corrected chi connectivity index (χ2v) is 4.78. The molecule has 0 saturated heterocycles. The van der Waals surface area contributed by atoms with Crippen molar-refractivity contribution in [2.75, 3.05) is 0 Å². The first-order valence-electron chi connectivity index (χ1n) is 6.55. The molecule has 2 nitrogen and oxygen atoms in total. The molecule has 0 fully saturated rings. The molecule has 0 aliphatic heterocycles. The van der Waals surface area contributed by atoms with Crippen molar-refractivity contribution in [3.8, 4) is 5.75 Å². The van der Waals surface area contributed by atoms with Gasteiger partial charge in [-0.25, -0.2) is 0 Å². The highest BCUT2D eigenvalue weighted by atomic mass is 16.5. The predicted molar refractivity (Wildman–Crippen MR) is 71.7 cm³/mol. The van der Waals surface area contributed by atoms with Crippen LogP contribution in [-0.2, 0) is 19.4 Å². The van der Waals surface area contributed by atoms with Crippen LogP contribution in [0.3, 0.4) is 0 Å². The van der Waals surface area contributed by atoms with E-state index < -0.39 is 0 Å². The van der Waals surface area contributed by atoms with E-state index in [0.717, 1.165) is 11.3 Å². The van der Waals surface area contributed by atoms with Crippen molar-refractivity contribution in [3.63, 3.8) is 0 Å². The number of fused-ring (bicyclic) bond motifs is 1. The molecule has 0 saturated carbocycles. The number of benzene rings is 1. The zero-order valence-electron chi connectivity index (χ0n) is 10.4. The van der Waals surface area contributed by atoms with E-state index in [-0.39, 0.29) is 0 Å². The molecule has 1 aromatic heterocycles. The van der Waals surface area contributed by atoms with Gasteiger partial charge in [0, 0.05) is 12.4 Å². The topological polar surface area (TPSA) is 22.1 Å². The van der Waals surface area contributed by atoms with Crippen molar-refractivity contribution in [3.05, 3.63) is 59.4 Å². The van der Waals surface area contributed by atoms with Crippen LogP contribution in [0.5, 0.6) is 5.75 Å². The number of hydrogen-bond acceptors (Lipinski definition) is 2. The van der Waals surface area contributed by atoms with E-state index in [2.05, 4.69) is 23.2 Å². The van der Waals surface area contributed by atoms with Gasteiger partial charge in [-0.1, -0.05) is 6.07 Å². The van der Waals surface area contributed by atoms with Gasteiger partial charge in [0.1, 0.15) is 12.4 Å². The number of ether oxygens (including phenoxy) is 1. The SMILES string of the molecule is c1cc(COc2ccc3c(c2)CCCC3)ccn1. The fourth-order valence-electron chi connectivity index (χ4n) is 2.45. The summed E-state index contributed by atoms with van der Waals surface area (Å²) in [5.41, 5.74) is 4.12. The van der Waals surface area contributed by atoms with Crippen molar-refractivity contribution < 1.29 is 4.74 Å². The van der Waals surface area contributed by atoms with Gasteiger partial charge in [0.2, 0.25) is 0 Å². The summed E-state index contributed by atoms with van der Waals surface area (Å²) < 4.78 is 5.83. The molecule has 0 atom stereocenters. The summed E-state index contributed by atoms with van der Waals surface area (Å²) in [4.78, 5) is 4.00. The maximum absolute atomic E-state index is 5.83. The minimum absolute atomic E-state index is 0.612. The Hall–Kier alpha value is -1.83. The molecule has 0 spiro atoms. The zero-order chi connectivity index (χ0) is 12.2. The van der Waals surface area contributed by atoms with Gasteiger partial charge in [0.15, 0.2) is 0 Å². The Morgan fingerprint density at radius 2 is 1.72 bits per heavy atom. The molecule has 0 bridgehead atoms. The van der Waals surface area contributed by atoms with Crippen LogP contribution in [0.1, 0.15) is 29.5 Å². The van der Waals surface area contributed by atoms with Crippen LogP contribution in [0, 0.1) is 0 Å². The molecule has 0 unspecified atom stereocenters. The Bertz CT molecular complexity index is 522. The summed E-state index contributed by atoms with van der Waals surface area (Å²) in [6.45, 7) is 0.612. The third kappa shape index (κ3) is 2.53. The third-order valence-electron chi connectivity index (χ3n) is 3.47. The number of rotatable bonds is 3. The average Bonchev–Trinajstić information content (AvgIpc) is 2.46. The fourth-order valence-corrected chi connectivity index (χ4v) is 2.45. The molecule has 1 aliphatic rings. The molecular formula is C16H17NO. The molecule has 0 radical (unpaired) electrons. The van der Waals surface area contributed by atoms with E-state index >= 15 is 0 Å². The van der Waals surface area contributed by atoms with Crippen LogP contribution in [0.15, 0.2) is 42.7 Å². The Kier molecular flexibility index (Phi) is 3.26. The highest BCUT2D eigenvalue weighted by molar-refractivity contribution is 5.37. The van der Waals surface area contributed by atoms with Gasteiger partial charge in [0.25, 0.3) is 0 Å². The maximum Gasteiger partial charge on any atom is 0.120 e. The Balaban J connectivity index is 1.70. The smallest absolute Gasteiger partial charge is 0.120 e. The summed E-state index contributed by atoms with van der Waals surface area (Å²) in [6.07, 6.45) is 8.64. The second-order valence-electron chi connectivity index (χ2n) is 4.78. The van der Waals surface area contributed by atoms with Crippen LogP contribution < -0.4 is 4.74 Å². The summed E-state index contributed by atoms with van der Waals surface area (Å²) in [5.74, 6) is 0.979. The van der Waals surface area contributed by atoms with Gasteiger partial charge >= 0.3 is 0 Å². The van der Waals surface area contributed by atoms with E-state index in [4.69, 9.17) is 4.74 Å². The highest BCUT2D eigenvalue weighted by Crippen LogP contribution is 2.25. The van der Waals surface area contributed by atoms with Crippen LogP contribution in [0.4, 0.5) is 0 Å². The molecule has 0 amide bonds. The van der Waals surface area contributed by atoms with Gasteiger partial charge in [-0.05, 0) is 66.6 Å². The molecule has 3 rings (SSSR count). The molecule has 1 aliphatic carbocycles. The summed E-state index contributed by atoms with van der Waals surface area (Å²) in [7, 11) is 0. The average molecular weight is 239 g/mol. The monoisotopic (exact) mass is 239 g/mol. The van der Waals surface area contributed by atoms with Gasteiger partial charge in [0.05, 0.1) is 0 Å². The lowest BCUT2D eigenvalue weighted by atomic mass is 9.92. The molecule has 0 N–H and O–H groups in total. The van der Waals surface area contributed by atoms with Crippen molar-refractivity contribution >= 4 is 0 Å². The first kappa shape index (κ1) is 11.3. The lowest BCUT2D eigenvalue weighted by molar-refractivity contribution is 0.305. The number of aryl methyl sites for hydroxylation is 2. The second kappa shape index (κ2) is 5.21. The summed E-state index contributed by atoms with van der Waals surface area (Å²) >= 11 is 0. The normalized spacial score (nSPS) is 14.0. The molecular weight excluding hydrogens is 222 g/mol. The number of pyridine rings is 1. The quantitative estimate of drug-likeness (QED) is 0.817. The van der Waals surface area contributed by atoms with E-state index in [1.807, 2.05) is 12.1 Å². The van der Waals surface area contributed by atoms with Gasteiger partial charge in [-0.2, -0.15) is 0 Å². The lowest BCUT2D eigenvalue weighted by Crippen LogP contribution is -2.03. The molecule has 1 aromatic carbocycles. The minimum atomic E-state index is 0.612. The van der Waals surface area contributed by atoms with Crippen LogP contribution in [-0.4, -0.2) is 4.98 Å². The van der Waals surface area contributed by atoms with Crippen LogP contribution in [0.25, 0.3) is 0 Å². The minimum Gasteiger partial charge on any atom is -0.489 e. The Morgan fingerprint density at radius 3 is 2.56 bits per heavy atom. The van der Waals surface area contributed by atoms with E-state index in [0.29, 0.717) is 6.61 Å². The lowest BCUT2D eigenvalue weighted by Gasteiger charge is -2.16. The molecule has 92 valence electrons. The zero-order valence-corrected chi connectivity index (χ0v) is 10.4. The van der Waals surface area contributed by atoms with Gasteiger partial charge in [-0.3, -0.25) is 4.98 Å². The largest absolute Gasteiger partial charge is 0.489 e. The fraction of sp³-hybridized carbons (Fsp3) is 0.312. The van der Waals surface area contributed by atoms with E-state index in [1.165, 1.54) is 36.8 Å². The van der Waals surface area contributed by atoms with Crippen molar-refractivity contribution in [1.82, 2.24) is 4.98 Å². The Morgan fingerprint density at radius 1 is 0.944 bits per heavy atom. The van der Waals surface area contributed by atoms with Crippen LogP contribution >= 0.6 is 0 Å². The van der Waals surface area contributed by atoms with Crippen molar-refractivity contribution in [2.24, 2.45) is 0 Å². The molecule has 2 heteroatoms. The Labute approximate surface area is 108 Å². The standard InChI is InChI=1S/C16H17NO/c1-2-4-15-11-16(6-5-14(15)3-1)18-12-13-7-9-17-10-8-13/h5-11H,1-4,12H2. The van der Waals surface area contributed by atoms with E-state index in [9.17, 15) is 0 Å². The van der Waals surface area contributed by atoms with Crippen LogP contribution in [0.2, 0.25) is 0 Å². The van der Waals surface area contributed by atoms with E-state index in [1.54, 1.807) is 12.4 Å². The number of hydrogen-bond donors (Lipinski definition) is 0. The van der Waals surface area contributed by atoms with Crippen molar-refractivity contribution in [1.29, 1.82) is 0 Å². The molecule has 1 heterocycles.